The van der Waals surface area contributed by atoms with Gasteiger partial charge in [-0.1, -0.05) is 41.9 Å². The van der Waals surface area contributed by atoms with E-state index in [4.69, 9.17) is 17.3 Å². The van der Waals surface area contributed by atoms with Crippen molar-refractivity contribution in [3.05, 3.63) is 64.9 Å². The smallest absolute Gasteiger partial charge is 0.132 e. The van der Waals surface area contributed by atoms with Crippen molar-refractivity contribution < 1.29 is 4.39 Å². The van der Waals surface area contributed by atoms with Gasteiger partial charge in [0, 0.05) is 17.1 Å². The number of hydrogen-bond acceptors (Lipinski definition) is 1. The van der Waals surface area contributed by atoms with E-state index in [-0.39, 0.29) is 5.82 Å². The Hall–Kier alpha value is -1.64. The molecule has 0 spiro atoms. The van der Waals surface area contributed by atoms with Crippen molar-refractivity contribution in [1.82, 2.24) is 0 Å². The first-order chi connectivity index (χ1) is 9.11. The van der Waals surface area contributed by atoms with Crippen LogP contribution in [0.2, 0.25) is 5.02 Å². The molecule has 0 heterocycles. The maximum absolute atomic E-state index is 13.8. The molecule has 0 saturated heterocycles. The van der Waals surface area contributed by atoms with Crippen LogP contribution in [0.15, 0.2) is 48.5 Å². The summed E-state index contributed by atoms with van der Waals surface area (Å²) < 4.78 is 13.8. The largest absolute Gasteiger partial charge is 0.327 e. The van der Waals surface area contributed by atoms with Gasteiger partial charge in [-0.15, -0.1) is 0 Å². The Morgan fingerprint density at radius 3 is 2.47 bits per heavy atom. The summed E-state index contributed by atoms with van der Waals surface area (Å²) in [7, 11) is 0. The first kappa shape index (κ1) is 13.8. The van der Waals surface area contributed by atoms with Crippen LogP contribution in [0.1, 0.15) is 12.5 Å². The second-order valence-electron chi connectivity index (χ2n) is 4.32. The second kappa shape index (κ2) is 6.00. The molecule has 0 unspecified atom stereocenters. The fourth-order valence-electron chi connectivity index (χ4n) is 1.93. The molecule has 0 atom stereocenters. The molecule has 0 radical (unpaired) electrons. The van der Waals surface area contributed by atoms with Crippen molar-refractivity contribution >= 4 is 17.2 Å². The van der Waals surface area contributed by atoms with E-state index in [0.717, 1.165) is 16.7 Å². The number of allylic oxidation sites excluding steroid dienone is 1. The Labute approximate surface area is 117 Å². The fraction of sp³-hybridized carbons (Fsp3) is 0.125. The van der Waals surface area contributed by atoms with Gasteiger partial charge >= 0.3 is 0 Å². The average molecular weight is 276 g/mol. The average Bonchev–Trinajstić information content (AvgIpc) is 2.39. The second-order valence-corrected chi connectivity index (χ2v) is 4.76. The summed E-state index contributed by atoms with van der Waals surface area (Å²) in [6.07, 6.45) is 1.96. The minimum absolute atomic E-state index is 0.311. The number of rotatable bonds is 3. The van der Waals surface area contributed by atoms with Crippen LogP contribution in [-0.2, 0) is 0 Å². The molecule has 2 aromatic rings. The van der Waals surface area contributed by atoms with E-state index >= 15 is 0 Å². The third kappa shape index (κ3) is 3.22. The van der Waals surface area contributed by atoms with Crippen molar-refractivity contribution in [1.29, 1.82) is 0 Å². The Kier molecular flexibility index (Phi) is 4.35. The van der Waals surface area contributed by atoms with E-state index in [9.17, 15) is 4.39 Å². The molecule has 2 N–H and O–H groups in total. The van der Waals surface area contributed by atoms with Crippen LogP contribution in [0.4, 0.5) is 4.39 Å². The van der Waals surface area contributed by atoms with Crippen LogP contribution in [0.25, 0.3) is 16.7 Å². The molecule has 0 amide bonds. The van der Waals surface area contributed by atoms with Gasteiger partial charge in [0.1, 0.15) is 5.82 Å². The van der Waals surface area contributed by atoms with Gasteiger partial charge in [0.05, 0.1) is 0 Å². The van der Waals surface area contributed by atoms with E-state index < -0.39 is 0 Å². The Bertz CT molecular complexity index is 603. The zero-order valence-electron chi connectivity index (χ0n) is 10.7. The molecule has 0 aliphatic rings. The monoisotopic (exact) mass is 275 g/mol. The van der Waals surface area contributed by atoms with E-state index in [1.807, 2.05) is 37.3 Å². The van der Waals surface area contributed by atoms with E-state index in [2.05, 4.69) is 0 Å². The molecule has 2 rings (SSSR count). The molecule has 0 bridgehead atoms. The van der Waals surface area contributed by atoms with E-state index in [1.165, 1.54) is 6.07 Å². The highest BCUT2D eigenvalue weighted by Crippen LogP contribution is 2.26. The quantitative estimate of drug-likeness (QED) is 0.876. The fourth-order valence-corrected chi connectivity index (χ4v) is 2.09. The number of nitrogens with two attached hydrogens (primary N) is 1. The molecule has 0 saturated carbocycles. The maximum atomic E-state index is 13.8. The van der Waals surface area contributed by atoms with Crippen LogP contribution in [-0.4, -0.2) is 6.54 Å². The molecule has 19 heavy (non-hydrogen) atoms. The van der Waals surface area contributed by atoms with Crippen LogP contribution < -0.4 is 5.73 Å². The lowest BCUT2D eigenvalue weighted by Crippen LogP contribution is -1.94. The van der Waals surface area contributed by atoms with Crippen molar-refractivity contribution in [2.75, 3.05) is 6.54 Å². The van der Waals surface area contributed by atoms with Crippen molar-refractivity contribution in [3.8, 4) is 11.1 Å². The Balaban J connectivity index is 2.35. The summed E-state index contributed by atoms with van der Waals surface area (Å²) >= 11 is 5.75. The molecule has 0 aliphatic carbocycles. The minimum atomic E-state index is -0.311. The lowest BCUT2D eigenvalue weighted by Gasteiger charge is -2.06. The van der Waals surface area contributed by atoms with Crippen LogP contribution in [0, 0.1) is 5.82 Å². The van der Waals surface area contributed by atoms with E-state index in [1.54, 1.807) is 12.1 Å². The summed E-state index contributed by atoms with van der Waals surface area (Å²) in [4.78, 5) is 0. The zero-order chi connectivity index (χ0) is 13.8. The first-order valence-electron chi connectivity index (χ1n) is 6.04. The summed E-state index contributed by atoms with van der Waals surface area (Å²) in [5.41, 5.74) is 9.07. The van der Waals surface area contributed by atoms with Gasteiger partial charge in [-0.2, -0.15) is 0 Å². The molecule has 0 aromatic heterocycles. The number of benzene rings is 2. The van der Waals surface area contributed by atoms with Crippen LogP contribution >= 0.6 is 11.6 Å². The standard InChI is InChI=1S/C16H15ClFN/c1-11(8-9-19)12-2-4-13(5-3-12)15-7-6-14(17)10-16(15)18/h2-8,10H,9,19H2,1H3. The summed E-state index contributed by atoms with van der Waals surface area (Å²) in [5.74, 6) is -0.311. The molecule has 3 heteroatoms. The Morgan fingerprint density at radius 2 is 1.89 bits per heavy atom. The predicted octanol–water partition coefficient (Wildman–Crippen LogP) is 4.51. The molecule has 2 aromatic carbocycles. The van der Waals surface area contributed by atoms with Gasteiger partial charge < -0.3 is 5.73 Å². The third-order valence-corrected chi connectivity index (χ3v) is 3.24. The van der Waals surface area contributed by atoms with E-state index in [0.29, 0.717) is 17.1 Å². The summed E-state index contributed by atoms with van der Waals surface area (Å²) in [5, 5.41) is 0.402. The van der Waals surface area contributed by atoms with Gasteiger partial charge in [0.15, 0.2) is 0 Å². The normalized spacial score (nSPS) is 11.7. The van der Waals surface area contributed by atoms with Crippen molar-refractivity contribution in [2.45, 2.75) is 6.92 Å². The lowest BCUT2D eigenvalue weighted by atomic mass is 10.0. The molecule has 0 aliphatic heterocycles. The number of halogens is 2. The molecule has 0 fully saturated rings. The third-order valence-electron chi connectivity index (χ3n) is 3.01. The first-order valence-corrected chi connectivity index (χ1v) is 6.42. The highest BCUT2D eigenvalue weighted by Gasteiger charge is 2.05. The maximum Gasteiger partial charge on any atom is 0.132 e. The summed E-state index contributed by atoms with van der Waals surface area (Å²) in [6, 6.07) is 12.4. The highest BCUT2D eigenvalue weighted by atomic mass is 35.5. The van der Waals surface area contributed by atoms with Gasteiger partial charge in [-0.3, -0.25) is 0 Å². The molecule has 1 nitrogen and oxygen atoms in total. The van der Waals surface area contributed by atoms with Crippen molar-refractivity contribution in [3.63, 3.8) is 0 Å². The topological polar surface area (TPSA) is 26.0 Å². The van der Waals surface area contributed by atoms with Gasteiger partial charge in [-0.05, 0) is 41.8 Å². The number of hydrogen-bond donors (Lipinski definition) is 1. The SMILES string of the molecule is CC(=CCN)c1ccc(-c2ccc(Cl)cc2F)cc1. The molecular formula is C16H15ClFN. The van der Waals surface area contributed by atoms with Crippen LogP contribution in [0.3, 0.4) is 0 Å². The van der Waals surface area contributed by atoms with Gasteiger partial charge in [0.25, 0.3) is 0 Å². The minimum Gasteiger partial charge on any atom is -0.327 e. The lowest BCUT2D eigenvalue weighted by molar-refractivity contribution is 0.631. The molecule has 98 valence electrons. The van der Waals surface area contributed by atoms with Gasteiger partial charge in [-0.25, -0.2) is 4.39 Å². The summed E-state index contributed by atoms with van der Waals surface area (Å²) in [6.45, 7) is 2.52. The highest BCUT2D eigenvalue weighted by molar-refractivity contribution is 6.30. The zero-order valence-corrected chi connectivity index (χ0v) is 11.4. The molecular weight excluding hydrogens is 261 g/mol. The Morgan fingerprint density at radius 1 is 1.21 bits per heavy atom. The van der Waals surface area contributed by atoms with Crippen LogP contribution in [0.5, 0.6) is 0 Å². The predicted molar refractivity (Wildman–Crippen MR) is 79.6 cm³/mol. The van der Waals surface area contributed by atoms with Gasteiger partial charge in [0.2, 0.25) is 0 Å². The van der Waals surface area contributed by atoms with Crippen molar-refractivity contribution in [2.24, 2.45) is 5.73 Å².